The SMILES string of the molecule is CSc1cccc(N(CCC#N)C(C)C)c1C#N. The van der Waals surface area contributed by atoms with Crippen molar-refractivity contribution in [2.24, 2.45) is 0 Å². The third-order valence-electron chi connectivity index (χ3n) is 2.73. The van der Waals surface area contributed by atoms with Crippen LogP contribution in [0.4, 0.5) is 5.69 Å². The van der Waals surface area contributed by atoms with Crippen molar-refractivity contribution in [3.05, 3.63) is 23.8 Å². The largest absolute Gasteiger partial charge is 0.367 e. The van der Waals surface area contributed by atoms with Crippen LogP contribution < -0.4 is 4.90 Å². The van der Waals surface area contributed by atoms with Crippen LogP contribution in [0.25, 0.3) is 0 Å². The lowest BCUT2D eigenvalue weighted by Crippen LogP contribution is -2.32. The number of benzene rings is 1. The molecule has 0 saturated carbocycles. The highest BCUT2D eigenvalue weighted by Gasteiger charge is 2.16. The zero-order valence-corrected chi connectivity index (χ0v) is 11.8. The summed E-state index contributed by atoms with van der Waals surface area (Å²) in [6.07, 6.45) is 2.43. The van der Waals surface area contributed by atoms with Gasteiger partial charge in [-0.2, -0.15) is 10.5 Å². The molecule has 0 aliphatic rings. The molecule has 0 atom stereocenters. The fourth-order valence-electron chi connectivity index (χ4n) is 1.87. The quantitative estimate of drug-likeness (QED) is 0.760. The monoisotopic (exact) mass is 259 g/mol. The van der Waals surface area contributed by atoms with E-state index in [0.717, 1.165) is 10.6 Å². The number of hydrogen-bond acceptors (Lipinski definition) is 4. The molecule has 0 aliphatic heterocycles. The summed E-state index contributed by atoms with van der Waals surface area (Å²) >= 11 is 1.57. The second-order valence-electron chi connectivity index (χ2n) is 4.16. The molecule has 1 aromatic rings. The molecule has 1 aromatic carbocycles. The van der Waals surface area contributed by atoms with Crippen LogP contribution in [0, 0.1) is 22.7 Å². The van der Waals surface area contributed by atoms with Crippen molar-refractivity contribution in [3.63, 3.8) is 0 Å². The third kappa shape index (κ3) is 3.18. The number of thioether (sulfide) groups is 1. The van der Waals surface area contributed by atoms with E-state index in [2.05, 4.69) is 30.9 Å². The van der Waals surface area contributed by atoms with E-state index in [9.17, 15) is 5.26 Å². The first-order valence-corrected chi connectivity index (χ1v) is 7.08. The molecule has 94 valence electrons. The fourth-order valence-corrected chi connectivity index (χ4v) is 2.44. The van der Waals surface area contributed by atoms with Crippen molar-refractivity contribution >= 4 is 17.4 Å². The van der Waals surface area contributed by atoms with Gasteiger partial charge in [0, 0.05) is 17.5 Å². The highest BCUT2D eigenvalue weighted by atomic mass is 32.2. The lowest BCUT2D eigenvalue weighted by Gasteiger charge is -2.29. The summed E-state index contributed by atoms with van der Waals surface area (Å²) in [6.45, 7) is 4.80. The number of nitrogens with zero attached hydrogens (tertiary/aromatic N) is 3. The van der Waals surface area contributed by atoms with E-state index < -0.39 is 0 Å². The topological polar surface area (TPSA) is 50.8 Å². The standard InChI is InChI=1S/C14H17N3S/c1-11(2)17(9-5-8-15)13-6-4-7-14(18-3)12(13)10-16/h4,6-7,11H,5,9H2,1-3H3. The van der Waals surface area contributed by atoms with E-state index in [1.165, 1.54) is 0 Å². The van der Waals surface area contributed by atoms with Crippen LogP contribution in [0.3, 0.4) is 0 Å². The molecule has 0 N–H and O–H groups in total. The first-order chi connectivity index (χ1) is 8.65. The molecule has 18 heavy (non-hydrogen) atoms. The Labute approximate surface area is 113 Å². The molecule has 4 heteroatoms. The Morgan fingerprint density at radius 1 is 1.33 bits per heavy atom. The van der Waals surface area contributed by atoms with Crippen LogP contribution >= 0.6 is 11.8 Å². The molecule has 0 heterocycles. The molecule has 1 rings (SSSR count). The summed E-state index contributed by atoms with van der Waals surface area (Å²) in [6, 6.07) is 10.6. The van der Waals surface area contributed by atoms with Gasteiger partial charge in [-0.1, -0.05) is 6.07 Å². The maximum atomic E-state index is 9.33. The van der Waals surface area contributed by atoms with Crippen LogP contribution in [0.1, 0.15) is 25.8 Å². The average Bonchev–Trinajstić information content (AvgIpc) is 2.38. The van der Waals surface area contributed by atoms with E-state index in [4.69, 9.17) is 5.26 Å². The Morgan fingerprint density at radius 2 is 2.06 bits per heavy atom. The van der Waals surface area contributed by atoms with Crippen molar-refractivity contribution in [2.75, 3.05) is 17.7 Å². The molecule has 0 bridgehead atoms. The average molecular weight is 259 g/mol. The van der Waals surface area contributed by atoms with Gasteiger partial charge in [-0.3, -0.25) is 0 Å². The molecule has 0 fully saturated rings. The van der Waals surface area contributed by atoms with Gasteiger partial charge in [-0.25, -0.2) is 0 Å². The minimum Gasteiger partial charge on any atom is -0.367 e. The van der Waals surface area contributed by atoms with Gasteiger partial charge in [0.15, 0.2) is 0 Å². The van der Waals surface area contributed by atoms with E-state index in [1.54, 1.807) is 11.8 Å². The zero-order valence-electron chi connectivity index (χ0n) is 11.0. The second kappa shape index (κ2) is 6.93. The lowest BCUT2D eigenvalue weighted by atomic mass is 10.1. The maximum absolute atomic E-state index is 9.33. The summed E-state index contributed by atoms with van der Waals surface area (Å²) < 4.78 is 0. The number of rotatable bonds is 5. The summed E-state index contributed by atoms with van der Waals surface area (Å²) in [5.41, 5.74) is 1.63. The Morgan fingerprint density at radius 3 is 2.56 bits per heavy atom. The van der Waals surface area contributed by atoms with Gasteiger partial charge in [-0.05, 0) is 32.2 Å². The van der Waals surface area contributed by atoms with Gasteiger partial charge in [0.2, 0.25) is 0 Å². The van der Waals surface area contributed by atoms with Crippen LogP contribution in [0.2, 0.25) is 0 Å². The Hall–Kier alpha value is -1.65. The summed E-state index contributed by atoms with van der Waals surface area (Å²) in [7, 11) is 0. The normalized spacial score (nSPS) is 9.89. The molecule has 0 aliphatic carbocycles. The molecule has 0 saturated heterocycles. The minimum absolute atomic E-state index is 0.266. The number of hydrogen-bond donors (Lipinski definition) is 0. The van der Waals surface area contributed by atoms with Gasteiger partial charge in [-0.15, -0.1) is 11.8 Å². The molecule has 0 unspecified atom stereocenters. The van der Waals surface area contributed by atoms with Gasteiger partial charge in [0.1, 0.15) is 6.07 Å². The fraction of sp³-hybridized carbons (Fsp3) is 0.429. The minimum atomic E-state index is 0.266. The van der Waals surface area contributed by atoms with Crippen LogP contribution in [-0.2, 0) is 0 Å². The molecular weight excluding hydrogens is 242 g/mol. The van der Waals surface area contributed by atoms with Gasteiger partial charge in [0.05, 0.1) is 23.7 Å². The van der Waals surface area contributed by atoms with Gasteiger partial charge < -0.3 is 4.90 Å². The molecule has 0 spiro atoms. The highest BCUT2D eigenvalue weighted by Crippen LogP contribution is 2.30. The molecule has 0 amide bonds. The Balaban J connectivity index is 3.20. The Bertz CT molecular complexity index is 483. The number of anilines is 1. The zero-order chi connectivity index (χ0) is 13.5. The van der Waals surface area contributed by atoms with Crippen molar-refractivity contribution < 1.29 is 0 Å². The summed E-state index contributed by atoms with van der Waals surface area (Å²) in [4.78, 5) is 3.10. The van der Waals surface area contributed by atoms with Gasteiger partial charge >= 0.3 is 0 Å². The molecule has 0 radical (unpaired) electrons. The second-order valence-corrected chi connectivity index (χ2v) is 5.01. The van der Waals surface area contributed by atoms with Crippen molar-refractivity contribution in [3.8, 4) is 12.1 Å². The van der Waals surface area contributed by atoms with Crippen molar-refractivity contribution in [1.29, 1.82) is 10.5 Å². The predicted molar refractivity (Wildman–Crippen MR) is 75.7 cm³/mol. The maximum Gasteiger partial charge on any atom is 0.103 e. The molecule has 3 nitrogen and oxygen atoms in total. The molecular formula is C14H17N3S. The van der Waals surface area contributed by atoms with E-state index in [1.807, 2.05) is 24.5 Å². The Kier molecular flexibility index (Phi) is 5.55. The van der Waals surface area contributed by atoms with Crippen LogP contribution in [0.5, 0.6) is 0 Å². The summed E-state index contributed by atoms with van der Waals surface area (Å²) in [5.74, 6) is 0. The van der Waals surface area contributed by atoms with Crippen molar-refractivity contribution in [2.45, 2.75) is 31.2 Å². The first-order valence-electron chi connectivity index (χ1n) is 5.86. The van der Waals surface area contributed by atoms with E-state index >= 15 is 0 Å². The van der Waals surface area contributed by atoms with Gasteiger partial charge in [0.25, 0.3) is 0 Å². The highest BCUT2D eigenvalue weighted by molar-refractivity contribution is 7.98. The first kappa shape index (κ1) is 14.4. The lowest BCUT2D eigenvalue weighted by molar-refractivity contribution is 0.685. The van der Waals surface area contributed by atoms with Crippen molar-refractivity contribution in [1.82, 2.24) is 0 Å². The number of nitriles is 2. The summed E-state index contributed by atoms with van der Waals surface area (Å²) in [5, 5.41) is 18.1. The van der Waals surface area contributed by atoms with Crippen LogP contribution in [0.15, 0.2) is 23.1 Å². The van der Waals surface area contributed by atoms with E-state index in [-0.39, 0.29) is 6.04 Å². The predicted octanol–water partition coefficient (Wildman–Crippen LogP) is 3.41. The molecule has 0 aromatic heterocycles. The van der Waals surface area contributed by atoms with Crippen LogP contribution in [-0.4, -0.2) is 18.8 Å². The third-order valence-corrected chi connectivity index (χ3v) is 3.51. The van der Waals surface area contributed by atoms with E-state index in [0.29, 0.717) is 18.5 Å². The smallest absolute Gasteiger partial charge is 0.103 e.